The SMILES string of the molecule is COc1ccc(CCCN(C)C(=O)[C@@H]2CC[C@H](C(=O)O)O2)cc1. The fourth-order valence-electron chi connectivity index (χ4n) is 2.67. The maximum absolute atomic E-state index is 12.2. The van der Waals surface area contributed by atoms with Crippen molar-refractivity contribution in [2.75, 3.05) is 20.7 Å². The Morgan fingerprint density at radius 2 is 1.91 bits per heavy atom. The highest BCUT2D eigenvalue weighted by Gasteiger charge is 2.35. The fraction of sp³-hybridized carbons (Fsp3) is 0.529. The van der Waals surface area contributed by atoms with Crippen LogP contribution in [0.3, 0.4) is 0 Å². The maximum Gasteiger partial charge on any atom is 0.332 e. The molecular weight excluding hydrogens is 298 g/mol. The first-order chi connectivity index (χ1) is 11.0. The molecule has 0 bridgehead atoms. The maximum atomic E-state index is 12.2. The summed E-state index contributed by atoms with van der Waals surface area (Å²) in [6.07, 6.45) is 1.09. The highest BCUT2D eigenvalue weighted by molar-refractivity contribution is 5.82. The summed E-state index contributed by atoms with van der Waals surface area (Å²) in [6.45, 7) is 0.614. The molecular formula is C17H23NO5. The molecule has 1 aliphatic heterocycles. The van der Waals surface area contributed by atoms with Crippen LogP contribution in [0.15, 0.2) is 24.3 Å². The van der Waals surface area contributed by atoms with Gasteiger partial charge in [0.05, 0.1) is 7.11 Å². The predicted molar refractivity (Wildman–Crippen MR) is 84.5 cm³/mol. The summed E-state index contributed by atoms with van der Waals surface area (Å²) in [6, 6.07) is 7.86. The Morgan fingerprint density at radius 3 is 2.48 bits per heavy atom. The van der Waals surface area contributed by atoms with Gasteiger partial charge >= 0.3 is 5.97 Å². The van der Waals surface area contributed by atoms with Gasteiger partial charge in [0.2, 0.25) is 0 Å². The number of nitrogens with zero attached hydrogens (tertiary/aromatic N) is 1. The van der Waals surface area contributed by atoms with Gasteiger partial charge in [-0.25, -0.2) is 4.79 Å². The van der Waals surface area contributed by atoms with Gasteiger partial charge in [-0.2, -0.15) is 0 Å². The fourth-order valence-corrected chi connectivity index (χ4v) is 2.67. The number of carbonyl (C=O) groups excluding carboxylic acids is 1. The summed E-state index contributed by atoms with van der Waals surface area (Å²) in [5, 5.41) is 8.90. The third kappa shape index (κ3) is 4.69. The Hall–Kier alpha value is -2.08. The lowest BCUT2D eigenvalue weighted by molar-refractivity contribution is -0.154. The molecule has 1 amide bonds. The van der Waals surface area contributed by atoms with Crippen LogP contribution in [-0.4, -0.2) is 54.8 Å². The summed E-state index contributed by atoms with van der Waals surface area (Å²) >= 11 is 0. The Balaban J connectivity index is 1.74. The quantitative estimate of drug-likeness (QED) is 0.827. The third-order valence-electron chi connectivity index (χ3n) is 4.06. The van der Waals surface area contributed by atoms with Gasteiger partial charge < -0.3 is 19.5 Å². The Kier molecular flexibility index (Phi) is 5.98. The Labute approximate surface area is 136 Å². The number of hydrogen-bond donors (Lipinski definition) is 1. The van der Waals surface area contributed by atoms with Crippen molar-refractivity contribution in [2.24, 2.45) is 0 Å². The summed E-state index contributed by atoms with van der Waals surface area (Å²) < 4.78 is 10.4. The lowest BCUT2D eigenvalue weighted by atomic mass is 10.1. The standard InChI is InChI=1S/C17H23NO5/c1-18(16(19)14-9-10-15(23-14)17(20)21)11-3-4-12-5-7-13(22-2)8-6-12/h5-8,14-15H,3-4,9-11H2,1-2H3,(H,20,21)/t14-,15+/m0/s1. The lowest BCUT2D eigenvalue weighted by Crippen LogP contribution is -2.37. The number of carboxylic acid groups (broad SMARTS) is 1. The molecule has 1 N–H and O–H groups in total. The number of hydrogen-bond acceptors (Lipinski definition) is 4. The molecule has 1 aromatic rings. The first-order valence-corrected chi connectivity index (χ1v) is 7.77. The van der Waals surface area contributed by atoms with E-state index in [9.17, 15) is 9.59 Å². The molecule has 0 unspecified atom stereocenters. The van der Waals surface area contributed by atoms with E-state index in [1.165, 1.54) is 5.56 Å². The first kappa shape index (κ1) is 17.3. The lowest BCUT2D eigenvalue weighted by Gasteiger charge is -2.21. The van der Waals surface area contributed by atoms with Crippen molar-refractivity contribution >= 4 is 11.9 Å². The number of amides is 1. The second-order valence-corrected chi connectivity index (χ2v) is 5.74. The molecule has 6 nitrogen and oxygen atoms in total. The van der Waals surface area contributed by atoms with E-state index >= 15 is 0 Å². The molecule has 1 aromatic carbocycles. The smallest absolute Gasteiger partial charge is 0.332 e. The van der Waals surface area contributed by atoms with Crippen molar-refractivity contribution in [1.29, 1.82) is 0 Å². The summed E-state index contributed by atoms with van der Waals surface area (Å²) in [4.78, 5) is 24.7. The number of aryl methyl sites for hydroxylation is 1. The minimum atomic E-state index is -0.998. The number of benzene rings is 1. The van der Waals surface area contributed by atoms with Gasteiger partial charge in [-0.15, -0.1) is 0 Å². The number of ether oxygens (including phenoxy) is 2. The largest absolute Gasteiger partial charge is 0.497 e. The molecule has 1 fully saturated rings. The van der Waals surface area contributed by atoms with Gasteiger partial charge in [-0.1, -0.05) is 12.1 Å². The van der Waals surface area contributed by atoms with Crippen LogP contribution in [0.1, 0.15) is 24.8 Å². The van der Waals surface area contributed by atoms with E-state index in [1.54, 1.807) is 19.1 Å². The number of methoxy groups -OCH3 is 1. The number of carboxylic acids is 1. The zero-order valence-corrected chi connectivity index (χ0v) is 13.5. The average molecular weight is 321 g/mol. The molecule has 1 saturated heterocycles. The van der Waals surface area contributed by atoms with Crippen LogP contribution in [0, 0.1) is 0 Å². The molecule has 23 heavy (non-hydrogen) atoms. The monoisotopic (exact) mass is 321 g/mol. The van der Waals surface area contributed by atoms with Crippen LogP contribution in [0.2, 0.25) is 0 Å². The van der Waals surface area contributed by atoms with Crippen molar-refractivity contribution in [2.45, 2.75) is 37.9 Å². The topological polar surface area (TPSA) is 76.1 Å². The Bertz CT molecular complexity index is 542. The van der Waals surface area contributed by atoms with Gasteiger partial charge in [0.15, 0.2) is 6.10 Å². The average Bonchev–Trinajstić information content (AvgIpc) is 3.05. The van der Waals surface area contributed by atoms with Crippen molar-refractivity contribution in [1.82, 2.24) is 4.90 Å². The van der Waals surface area contributed by atoms with E-state index in [-0.39, 0.29) is 5.91 Å². The van der Waals surface area contributed by atoms with Crippen molar-refractivity contribution < 1.29 is 24.2 Å². The van der Waals surface area contributed by atoms with Crippen LogP contribution >= 0.6 is 0 Å². The van der Waals surface area contributed by atoms with Gasteiger partial charge in [-0.05, 0) is 43.4 Å². The normalized spacial score (nSPS) is 20.3. The zero-order valence-electron chi connectivity index (χ0n) is 13.5. The first-order valence-electron chi connectivity index (χ1n) is 7.77. The van der Waals surface area contributed by atoms with Crippen molar-refractivity contribution in [3.05, 3.63) is 29.8 Å². The molecule has 0 spiro atoms. The minimum absolute atomic E-state index is 0.136. The van der Waals surface area contributed by atoms with E-state index in [0.29, 0.717) is 19.4 Å². The second-order valence-electron chi connectivity index (χ2n) is 5.74. The van der Waals surface area contributed by atoms with Gasteiger partial charge in [-0.3, -0.25) is 4.79 Å². The highest BCUT2D eigenvalue weighted by Crippen LogP contribution is 2.21. The Morgan fingerprint density at radius 1 is 1.26 bits per heavy atom. The second kappa shape index (κ2) is 7.97. The minimum Gasteiger partial charge on any atom is -0.497 e. The molecule has 0 radical (unpaired) electrons. The number of carbonyl (C=O) groups is 2. The van der Waals surface area contributed by atoms with Crippen LogP contribution in [0.5, 0.6) is 5.75 Å². The third-order valence-corrected chi connectivity index (χ3v) is 4.06. The van der Waals surface area contributed by atoms with Crippen molar-refractivity contribution in [3.63, 3.8) is 0 Å². The molecule has 0 aromatic heterocycles. The van der Waals surface area contributed by atoms with E-state index in [1.807, 2.05) is 24.3 Å². The van der Waals surface area contributed by atoms with E-state index < -0.39 is 18.2 Å². The van der Waals surface area contributed by atoms with Gasteiger partial charge in [0.25, 0.3) is 5.91 Å². The predicted octanol–water partition coefficient (Wildman–Crippen LogP) is 1.72. The highest BCUT2D eigenvalue weighted by atomic mass is 16.5. The summed E-state index contributed by atoms with van der Waals surface area (Å²) in [5.41, 5.74) is 1.19. The molecule has 0 saturated carbocycles. The van der Waals surface area contributed by atoms with E-state index in [4.69, 9.17) is 14.6 Å². The summed E-state index contributed by atoms with van der Waals surface area (Å²) in [7, 11) is 3.36. The van der Waals surface area contributed by atoms with Gasteiger partial charge in [0.1, 0.15) is 11.9 Å². The number of aliphatic carboxylic acids is 1. The van der Waals surface area contributed by atoms with Crippen LogP contribution < -0.4 is 4.74 Å². The molecule has 2 atom stereocenters. The number of rotatable bonds is 7. The molecule has 2 rings (SSSR count). The van der Waals surface area contributed by atoms with Crippen LogP contribution in [0.25, 0.3) is 0 Å². The van der Waals surface area contributed by atoms with Crippen LogP contribution in [-0.2, 0) is 20.7 Å². The molecule has 0 aliphatic carbocycles. The molecule has 1 heterocycles. The summed E-state index contributed by atoms with van der Waals surface area (Å²) in [5.74, 6) is -0.307. The van der Waals surface area contributed by atoms with Gasteiger partial charge in [0, 0.05) is 13.6 Å². The number of likely N-dealkylation sites (N-methyl/N-ethyl adjacent to an activating group) is 1. The zero-order chi connectivity index (χ0) is 16.8. The van der Waals surface area contributed by atoms with Crippen LogP contribution in [0.4, 0.5) is 0 Å². The van der Waals surface area contributed by atoms with E-state index in [2.05, 4.69) is 0 Å². The molecule has 6 heteroatoms. The van der Waals surface area contributed by atoms with E-state index in [0.717, 1.165) is 18.6 Å². The molecule has 126 valence electrons. The molecule has 1 aliphatic rings. The van der Waals surface area contributed by atoms with Crippen molar-refractivity contribution in [3.8, 4) is 5.75 Å².